The number of allylic oxidation sites excluding steroid dienone is 1. The van der Waals surface area contributed by atoms with Crippen LogP contribution in [0.5, 0.6) is 0 Å². The van der Waals surface area contributed by atoms with Crippen LogP contribution in [0.2, 0.25) is 0 Å². The lowest BCUT2D eigenvalue weighted by Gasteiger charge is -2.25. The van der Waals surface area contributed by atoms with Gasteiger partial charge in [-0.05, 0) is 5.56 Å². The highest BCUT2D eigenvalue weighted by atomic mass is 16.1. The van der Waals surface area contributed by atoms with Gasteiger partial charge in [-0.1, -0.05) is 30.3 Å². The Morgan fingerprint density at radius 1 is 1.24 bits per heavy atom. The number of hydrogen-bond acceptors (Lipinski definition) is 3. The summed E-state index contributed by atoms with van der Waals surface area (Å²) in [6.45, 7) is 0.748. The molecule has 1 aromatic carbocycles. The van der Waals surface area contributed by atoms with Crippen LogP contribution in [0.3, 0.4) is 0 Å². The summed E-state index contributed by atoms with van der Waals surface area (Å²) in [5, 5.41) is 3.35. The van der Waals surface area contributed by atoms with E-state index < -0.39 is 0 Å². The van der Waals surface area contributed by atoms with Gasteiger partial charge in [-0.25, -0.2) is 0 Å². The number of nitrogens with zero attached hydrogens (tertiary/aromatic N) is 1. The van der Waals surface area contributed by atoms with Crippen LogP contribution in [0.4, 0.5) is 0 Å². The SMILES string of the molecule is CN(C)C(=C1CC(=O)CCN1)c1ccccc1. The van der Waals surface area contributed by atoms with E-state index in [0.29, 0.717) is 18.6 Å². The molecule has 90 valence electrons. The first-order valence-corrected chi connectivity index (χ1v) is 5.90. The Hall–Kier alpha value is -1.77. The van der Waals surface area contributed by atoms with Crippen LogP contribution in [0.1, 0.15) is 18.4 Å². The summed E-state index contributed by atoms with van der Waals surface area (Å²) in [6.07, 6.45) is 1.15. The molecule has 0 unspecified atom stereocenters. The average molecular weight is 230 g/mol. The second-order valence-corrected chi connectivity index (χ2v) is 4.48. The number of nitrogens with one attached hydrogen (secondary N) is 1. The second kappa shape index (κ2) is 5.04. The minimum absolute atomic E-state index is 0.314. The fourth-order valence-electron chi connectivity index (χ4n) is 2.17. The van der Waals surface area contributed by atoms with Gasteiger partial charge >= 0.3 is 0 Å². The fourth-order valence-corrected chi connectivity index (χ4v) is 2.17. The van der Waals surface area contributed by atoms with Gasteiger partial charge in [0.25, 0.3) is 0 Å². The molecule has 0 amide bonds. The van der Waals surface area contributed by atoms with E-state index in [0.717, 1.165) is 23.5 Å². The Balaban J connectivity index is 2.41. The first-order valence-electron chi connectivity index (χ1n) is 5.90. The number of rotatable bonds is 2. The Morgan fingerprint density at radius 3 is 2.53 bits per heavy atom. The summed E-state index contributed by atoms with van der Waals surface area (Å²) in [5.41, 5.74) is 3.30. The van der Waals surface area contributed by atoms with Crippen molar-refractivity contribution in [2.75, 3.05) is 20.6 Å². The molecule has 1 aliphatic heterocycles. The predicted octanol–water partition coefficient (Wildman–Crippen LogP) is 1.87. The zero-order chi connectivity index (χ0) is 12.3. The minimum Gasteiger partial charge on any atom is -0.386 e. The lowest BCUT2D eigenvalue weighted by atomic mass is 10.0. The van der Waals surface area contributed by atoms with Crippen LogP contribution in [0.25, 0.3) is 5.70 Å². The Bertz CT molecular complexity index is 435. The Labute approximate surface area is 102 Å². The van der Waals surface area contributed by atoms with Gasteiger partial charge in [0.1, 0.15) is 5.78 Å². The summed E-state index contributed by atoms with van der Waals surface area (Å²) in [4.78, 5) is 13.6. The molecule has 0 atom stereocenters. The third-order valence-corrected chi connectivity index (χ3v) is 2.90. The Kier molecular flexibility index (Phi) is 3.47. The molecule has 1 N–H and O–H groups in total. The number of hydrogen-bond donors (Lipinski definition) is 1. The van der Waals surface area contributed by atoms with Gasteiger partial charge in [0, 0.05) is 39.2 Å². The molecule has 1 saturated heterocycles. The Morgan fingerprint density at radius 2 is 1.94 bits per heavy atom. The van der Waals surface area contributed by atoms with E-state index in [1.54, 1.807) is 0 Å². The van der Waals surface area contributed by atoms with E-state index >= 15 is 0 Å². The monoisotopic (exact) mass is 230 g/mol. The molecule has 3 nitrogen and oxygen atoms in total. The normalized spacial score (nSPS) is 18.6. The quantitative estimate of drug-likeness (QED) is 0.841. The molecule has 17 heavy (non-hydrogen) atoms. The number of ketones is 1. The largest absolute Gasteiger partial charge is 0.386 e. The molecule has 0 spiro atoms. The molecule has 3 heteroatoms. The number of Topliss-reactive ketones (excluding diaryl/α,β-unsaturated/α-hetero) is 1. The van der Waals surface area contributed by atoms with Crippen LogP contribution in [-0.2, 0) is 4.79 Å². The molecule has 1 aromatic rings. The van der Waals surface area contributed by atoms with Crippen molar-refractivity contribution in [3.05, 3.63) is 41.6 Å². The average Bonchev–Trinajstić information content (AvgIpc) is 2.30. The molecule has 0 saturated carbocycles. The zero-order valence-corrected chi connectivity index (χ0v) is 10.4. The maximum absolute atomic E-state index is 11.5. The number of carbonyl (C=O) groups excluding carboxylic acids is 1. The molecule has 0 bridgehead atoms. The van der Waals surface area contributed by atoms with Crippen molar-refractivity contribution in [2.24, 2.45) is 0 Å². The van der Waals surface area contributed by atoms with Gasteiger partial charge in [-0.2, -0.15) is 0 Å². The molecule has 0 aromatic heterocycles. The molecule has 2 rings (SSSR count). The third-order valence-electron chi connectivity index (χ3n) is 2.90. The van der Waals surface area contributed by atoms with Crippen molar-refractivity contribution in [1.82, 2.24) is 10.2 Å². The topological polar surface area (TPSA) is 32.3 Å². The second-order valence-electron chi connectivity index (χ2n) is 4.48. The molecule has 1 aliphatic rings. The summed E-state index contributed by atoms with van der Waals surface area (Å²) < 4.78 is 0. The number of piperidine rings is 1. The van der Waals surface area contributed by atoms with Crippen molar-refractivity contribution in [1.29, 1.82) is 0 Å². The van der Waals surface area contributed by atoms with Crippen molar-refractivity contribution < 1.29 is 4.79 Å². The first-order chi connectivity index (χ1) is 8.18. The van der Waals surface area contributed by atoms with Crippen molar-refractivity contribution in [3.8, 4) is 0 Å². The van der Waals surface area contributed by atoms with Crippen LogP contribution in [-0.4, -0.2) is 31.3 Å². The van der Waals surface area contributed by atoms with Gasteiger partial charge in [-0.15, -0.1) is 0 Å². The van der Waals surface area contributed by atoms with E-state index in [1.165, 1.54) is 0 Å². The van der Waals surface area contributed by atoms with Gasteiger partial charge in [0.2, 0.25) is 0 Å². The fraction of sp³-hybridized carbons (Fsp3) is 0.357. The van der Waals surface area contributed by atoms with Crippen LogP contribution < -0.4 is 5.32 Å². The maximum atomic E-state index is 11.5. The van der Waals surface area contributed by atoms with E-state index in [2.05, 4.69) is 22.3 Å². The lowest BCUT2D eigenvalue weighted by Crippen LogP contribution is -2.29. The van der Waals surface area contributed by atoms with Crippen molar-refractivity contribution >= 4 is 11.5 Å². The highest BCUT2D eigenvalue weighted by molar-refractivity contribution is 5.85. The molecule has 0 radical (unpaired) electrons. The summed E-state index contributed by atoms with van der Waals surface area (Å²) in [5.74, 6) is 0.314. The summed E-state index contributed by atoms with van der Waals surface area (Å²) >= 11 is 0. The molecule has 1 fully saturated rings. The van der Waals surface area contributed by atoms with Gasteiger partial charge < -0.3 is 10.2 Å². The van der Waals surface area contributed by atoms with E-state index in [9.17, 15) is 4.79 Å². The van der Waals surface area contributed by atoms with Gasteiger partial charge in [0.05, 0.1) is 5.70 Å². The van der Waals surface area contributed by atoms with E-state index in [1.807, 2.05) is 32.3 Å². The number of benzene rings is 1. The van der Waals surface area contributed by atoms with E-state index in [4.69, 9.17) is 0 Å². The van der Waals surface area contributed by atoms with Gasteiger partial charge in [-0.3, -0.25) is 4.79 Å². The smallest absolute Gasteiger partial charge is 0.140 e. The van der Waals surface area contributed by atoms with Crippen LogP contribution in [0.15, 0.2) is 36.0 Å². The van der Waals surface area contributed by atoms with Gasteiger partial charge in [0.15, 0.2) is 0 Å². The van der Waals surface area contributed by atoms with Crippen LogP contribution in [0, 0.1) is 0 Å². The zero-order valence-electron chi connectivity index (χ0n) is 10.4. The first kappa shape index (κ1) is 11.7. The van der Waals surface area contributed by atoms with Crippen LogP contribution >= 0.6 is 0 Å². The molecular weight excluding hydrogens is 212 g/mol. The predicted molar refractivity (Wildman–Crippen MR) is 69.3 cm³/mol. The standard InChI is InChI=1S/C14H18N2O/c1-16(2)14(11-6-4-3-5-7-11)13-10-12(17)8-9-15-13/h3-7,15H,8-10H2,1-2H3. The molecule has 0 aliphatic carbocycles. The number of carbonyl (C=O) groups is 1. The summed E-state index contributed by atoms with van der Waals surface area (Å²) in [6, 6.07) is 10.2. The molecule has 1 heterocycles. The van der Waals surface area contributed by atoms with Crippen molar-refractivity contribution in [3.63, 3.8) is 0 Å². The lowest BCUT2D eigenvalue weighted by molar-refractivity contribution is -0.119. The minimum atomic E-state index is 0.314. The van der Waals surface area contributed by atoms with E-state index in [-0.39, 0.29) is 0 Å². The highest BCUT2D eigenvalue weighted by Gasteiger charge is 2.18. The summed E-state index contributed by atoms with van der Waals surface area (Å²) in [7, 11) is 4.02. The highest BCUT2D eigenvalue weighted by Crippen LogP contribution is 2.23. The third kappa shape index (κ3) is 2.67. The van der Waals surface area contributed by atoms with Crippen molar-refractivity contribution in [2.45, 2.75) is 12.8 Å². The molecular formula is C14H18N2O. The maximum Gasteiger partial charge on any atom is 0.140 e.